The van der Waals surface area contributed by atoms with Crippen molar-refractivity contribution in [2.45, 2.75) is 32.4 Å². The number of carboxylic acids is 1. The van der Waals surface area contributed by atoms with E-state index in [1.165, 1.54) is 27.7 Å². The Bertz CT molecular complexity index is 1600. The molecule has 0 saturated heterocycles. The first-order valence-electron chi connectivity index (χ1n) is 13.4. The van der Waals surface area contributed by atoms with Gasteiger partial charge in [0.25, 0.3) is 0 Å². The number of rotatable bonds is 9. The fraction of sp³-hybridized carbons (Fsp3) is 0.206. The van der Waals surface area contributed by atoms with Crippen LogP contribution in [0.25, 0.3) is 22.2 Å². The van der Waals surface area contributed by atoms with Gasteiger partial charge in [0.15, 0.2) is 0 Å². The van der Waals surface area contributed by atoms with Gasteiger partial charge in [-0.15, -0.1) is 0 Å². The summed E-state index contributed by atoms with van der Waals surface area (Å²) in [5, 5.41) is 10.8. The molecular weight excluding hydrogens is 486 g/mol. The van der Waals surface area contributed by atoms with E-state index in [0.29, 0.717) is 25.4 Å². The summed E-state index contributed by atoms with van der Waals surface area (Å²) in [5.74, 6) is 0.103. The zero-order valence-electron chi connectivity index (χ0n) is 21.9. The minimum atomic E-state index is -0.774. The van der Waals surface area contributed by atoms with Gasteiger partial charge in [0.1, 0.15) is 18.1 Å². The first-order valence-corrected chi connectivity index (χ1v) is 13.4. The largest absolute Gasteiger partial charge is 0.492 e. The van der Waals surface area contributed by atoms with Crippen molar-refractivity contribution in [1.29, 1.82) is 0 Å². The maximum atomic E-state index is 11.6. The average Bonchev–Trinajstić information content (AvgIpc) is 3.55. The molecule has 1 N–H and O–H groups in total. The second kappa shape index (κ2) is 10.7. The molecule has 0 spiro atoms. The zero-order chi connectivity index (χ0) is 26.8. The third-order valence-electron chi connectivity index (χ3n) is 7.69. The van der Waals surface area contributed by atoms with Crippen LogP contribution in [0, 0.1) is 5.92 Å². The summed E-state index contributed by atoms with van der Waals surface area (Å²) in [6.45, 7) is 3.52. The monoisotopic (exact) mass is 517 g/mol. The Morgan fingerprint density at radius 3 is 2.46 bits per heavy atom. The Balaban J connectivity index is 1.15. The number of carbonyl (C=O) groups is 1. The quantitative estimate of drug-likeness (QED) is 0.220. The first-order chi connectivity index (χ1) is 19.1. The summed E-state index contributed by atoms with van der Waals surface area (Å²) in [6.07, 6.45) is 0.575. The molecule has 6 rings (SSSR count). The van der Waals surface area contributed by atoms with Crippen LogP contribution in [-0.4, -0.2) is 22.2 Å². The number of carboxylic acid groups (broad SMARTS) is 1. The summed E-state index contributed by atoms with van der Waals surface area (Å²) in [6, 6.07) is 35.6. The highest BCUT2D eigenvalue weighted by atomic mass is 16.5. The molecule has 2 atom stereocenters. The molecule has 0 bridgehead atoms. The van der Waals surface area contributed by atoms with E-state index in [1.54, 1.807) is 0 Å². The lowest BCUT2D eigenvalue weighted by molar-refractivity contribution is -0.142. The molecule has 5 heteroatoms. The Morgan fingerprint density at radius 1 is 0.949 bits per heavy atom. The van der Waals surface area contributed by atoms with Crippen LogP contribution in [-0.2, 0) is 17.9 Å². The van der Waals surface area contributed by atoms with Gasteiger partial charge in [-0.1, -0.05) is 85.8 Å². The number of ether oxygens (including phenoxy) is 2. The summed E-state index contributed by atoms with van der Waals surface area (Å²) < 4.78 is 14.3. The van der Waals surface area contributed by atoms with E-state index in [9.17, 15) is 9.90 Å². The zero-order valence-corrected chi connectivity index (χ0v) is 21.9. The number of hydrogen-bond donors (Lipinski definition) is 1. The number of para-hydroxylation sites is 1. The maximum Gasteiger partial charge on any atom is 0.307 e. The van der Waals surface area contributed by atoms with Crippen LogP contribution in [0.4, 0.5) is 0 Å². The fourth-order valence-electron chi connectivity index (χ4n) is 5.59. The number of nitrogens with zero attached hydrogens (tertiary/aromatic N) is 1. The topological polar surface area (TPSA) is 60.7 Å². The summed E-state index contributed by atoms with van der Waals surface area (Å²) in [4.78, 5) is 11.6. The number of hydrogen-bond acceptors (Lipinski definition) is 3. The molecule has 0 saturated carbocycles. The molecule has 0 aliphatic carbocycles. The van der Waals surface area contributed by atoms with Gasteiger partial charge >= 0.3 is 5.97 Å². The predicted octanol–water partition coefficient (Wildman–Crippen LogP) is 7.52. The minimum absolute atomic E-state index is 0.121. The second-order valence-corrected chi connectivity index (χ2v) is 10.1. The lowest BCUT2D eigenvalue weighted by atomic mass is 9.86. The molecular formula is C34H31NO4. The molecule has 0 amide bonds. The van der Waals surface area contributed by atoms with Crippen LogP contribution in [0.1, 0.15) is 36.0 Å². The molecule has 1 aliphatic heterocycles. The maximum absolute atomic E-state index is 11.6. The fourth-order valence-corrected chi connectivity index (χ4v) is 5.59. The van der Waals surface area contributed by atoms with Crippen molar-refractivity contribution in [1.82, 2.24) is 4.57 Å². The summed E-state index contributed by atoms with van der Waals surface area (Å²) in [5.41, 5.74) is 6.89. The van der Waals surface area contributed by atoms with Crippen molar-refractivity contribution >= 4 is 16.9 Å². The van der Waals surface area contributed by atoms with Gasteiger partial charge < -0.3 is 19.1 Å². The van der Waals surface area contributed by atoms with Crippen molar-refractivity contribution in [2.75, 3.05) is 6.61 Å². The minimum Gasteiger partial charge on any atom is -0.492 e. The molecule has 39 heavy (non-hydrogen) atoms. The third-order valence-corrected chi connectivity index (χ3v) is 7.69. The predicted molar refractivity (Wildman–Crippen MR) is 153 cm³/mol. The van der Waals surface area contributed by atoms with E-state index in [-0.39, 0.29) is 5.92 Å². The average molecular weight is 518 g/mol. The molecule has 0 radical (unpaired) electrons. The number of benzene rings is 4. The summed E-state index contributed by atoms with van der Waals surface area (Å²) in [7, 11) is 0. The van der Waals surface area contributed by atoms with Crippen LogP contribution >= 0.6 is 0 Å². The normalized spacial score (nSPS) is 15.1. The van der Waals surface area contributed by atoms with Gasteiger partial charge in [0.05, 0.1) is 12.5 Å². The molecule has 0 fully saturated rings. The van der Waals surface area contributed by atoms with Gasteiger partial charge in [-0.3, -0.25) is 4.79 Å². The molecule has 2 heterocycles. The smallest absolute Gasteiger partial charge is 0.307 e. The number of aliphatic carboxylic acids is 1. The van der Waals surface area contributed by atoms with Crippen LogP contribution in [0.5, 0.6) is 11.5 Å². The molecule has 1 aliphatic rings. The van der Waals surface area contributed by atoms with Crippen molar-refractivity contribution in [3.63, 3.8) is 0 Å². The third kappa shape index (κ3) is 5.00. The number of fused-ring (bicyclic) bond motifs is 2. The molecule has 2 unspecified atom stereocenters. The van der Waals surface area contributed by atoms with Crippen LogP contribution < -0.4 is 9.47 Å². The Labute approximate surface area is 228 Å². The summed E-state index contributed by atoms with van der Waals surface area (Å²) >= 11 is 0. The van der Waals surface area contributed by atoms with Gasteiger partial charge in [0.2, 0.25) is 0 Å². The molecule has 5 nitrogen and oxygen atoms in total. The molecule has 4 aromatic carbocycles. The lowest BCUT2D eigenvalue weighted by Gasteiger charge is -2.16. The highest BCUT2D eigenvalue weighted by molar-refractivity contribution is 5.87. The Hall–Kier alpha value is -4.51. The Morgan fingerprint density at radius 2 is 1.69 bits per heavy atom. The van der Waals surface area contributed by atoms with Crippen molar-refractivity contribution in [3.05, 3.63) is 120 Å². The van der Waals surface area contributed by atoms with Crippen LogP contribution in [0.15, 0.2) is 103 Å². The lowest BCUT2D eigenvalue weighted by Crippen LogP contribution is -2.22. The number of aromatic nitrogens is 1. The van der Waals surface area contributed by atoms with Gasteiger partial charge in [-0.05, 0) is 41.3 Å². The molecule has 5 aromatic rings. The van der Waals surface area contributed by atoms with E-state index in [2.05, 4.69) is 83.4 Å². The van der Waals surface area contributed by atoms with Crippen LogP contribution in [0.2, 0.25) is 0 Å². The molecule has 1 aromatic heterocycles. The Kier molecular flexibility index (Phi) is 6.80. The van der Waals surface area contributed by atoms with E-state index >= 15 is 0 Å². The first kappa shape index (κ1) is 24.8. The van der Waals surface area contributed by atoms with Crippen molar-refractivity contribution < 1.29 is 19.4 Å². The van der Waals surface area contributed by atoms with E-state index in [1.807, 2.05) is 31.2 Å². The standard InChI is InChI=1S/C34H31NO4/c1-2-28(34(36)37)30-22-39-33-19-27(16-17-29(30)33)38-21-24-14-12-23(13-15-24)20-35-31-11-7-6-10-26(31)18-32(35)25-8-4-3-5-9-25/h3-19,28,30H,2,20-22H2,1H3,(H,36,37). The van der Waals surface area contributed by atoms with E-state index < -0.39 is 11.9 Å². The highest BCUT2D eigenvalue weighted by Crippen LogP contribution is 2.41. The van der Waals surface area contributed by atoms with E-state index in [0.717, 1.165) is 23.4 Å². The van der Waals surface area contributed by atoms with Gasteiger partial charge in [0, 0.05) is 40.7 Å². The van der Waals surface area contributed by atoms with Gasteiger partial charge in [-0.2, -0.15) is 0 Å². The second-order valence-electron chi connectivity index (χ2n) is 10.1. The van der Waals surface area contributed by atoms with Gasteiger partial charge in [-0.25, -0.2) is 0 Å². The van der Waals surface area contributed by atoms with Crippen molar-refractivity contribution in [3.8, 4) is 22.8 Å². The van der Waals surface area contributed by atoms with Crippen LogP contribution in [0.3, 0.4) is 0 Å². The SMILES string of the molecule is CCC(C(=O)O)C1COc2cc(OCc3ccc(Cn4c(-c5ccccc5)cc5ccccc54)cc3)ccc21. The molecule has 196 valence electrons. The highest BCUT2D eigenvalue weighted by Gasteiger charge is 2.34. The van der Waals surface area contributed by atoms with Crippen molar-refractivity contribution in [2.24, 2.45) is 5.92 Å². The van der Waals surface area contributed by atoms with E-state index in [4.69, 9.17) is 9.47 Å².